The Morgan fingerprint density at radius 2 is 1.73 bits per heavy atom. The molecule has 1 fully saturated rings. The SMILES string of the molecule is COc1ccc(S(=O)(=O)N2CCCCC2)cc1C(=O)NCCOc1ccc2ccccc2c1. The standard InChI is InChI=1S/C25H28N2O5S/c1-31-24-12-11-22(33(29,30)27-14-5-2-6-15-27)18-23(24)25(28)26-13-16-32-21-10-9-19-7-3-4-8-20(19)17-21/h3-4,7-12,17-18H,2,5-6,13-16H2,1H3,(H,26,28). The highest BCUT2D eigenvalue weighted by molar-refractivity contribution is 7.89. The van der Waals surface area contributed by atoms with Crippen LogP contribution in [0, 0.1) is 0 Å². The van der Waals surface area contributed by atoms with Gasteiger partial charge in [-0.25, -0.2) is 8.42 Å². The van der Waals surface area contributed by atoms with Crippen molar-refractivity contribution in [2.24, 2.45) is 0 Å². The normalized spacial score (nSPS) is 14.7. The molecule has 0 saturated carbocycles. The average molecular weight is 469 g/mol. The van der Waals surface area contributed by atoms with E-state index in [9.17, 15) is 13.2 Å². The van der Waals surface area contributed by atoms with Crippen molar-refractivity contribution >= 4 is 26.7 Å². The lowest BCUT2D eigenvalue weighted by Crippen LogP contribution is -2.35. The Balaban J connectivity index is 1.40. The number of carbonyl (C=O) groups is 1. The van der Waals surface area contributed by atoms with E-state index in [1.54, 1.807) is 0 Å². The maximum Gasteiger partial charge on any atom is 0.255 e. The van der Waals surface area contributed by atoms with Gasteiger partial charge in [-0.1, -0.05) is 36.8 Å². The highest BCUT2D eigenvalue weighted by Gasteiger charge is 2.27. The zero-order valence-corrected chi connectivity index (χ0v) is 19.4. The fraction of sp³-hybridized carbons (Fsp3) is 0.320. The maximum atomic E-state index is 13.0. The first-order valence-corrected chi connectivity index (χ1v) is 12.5. The lowest BCUT2D eigenvalue weighted by atomic mass is 10.1. The highest BCUT2D eigenvalue weighted by atomic mass is 32.2. The third-order valence-corrected chi connectivity index (χ3v) is 7.64. The molecule has 1 N–H and O–H groups in total. The molecule has 0 atom stereocenters. The third-order valence-electron chi connectivity index (χ3n) is 5.75. The van der Waals surface area contributed by atoms with Crippen LogP contribution < -0.4 is 14.8 Å². The predicted molar refractivity (Wildman–Crippen MR) is 127 cm³/mol. The van der Waals surface area contributed by atoms with E-state index in [0.717, 1.165) is 35.8 Å². The number of fused-ring (bicyclic) bond motifs is 1. The Kier molecular flexibility index (Phi) is 7.15. The Bertz CT molecular complexity index is 1240. The molecule has 4 rings (SSSR count). The molecule has 33 heavy (non-hydrogen) atoms. The Morgan fingerprint density at radius 1 is 0.970 bits per heavy atom. The van der Waals surface area contributed by atoms with Crippen molar-refractivity contribution in [3.63, 3.8) is 0 Å². The number of amides is 1. The first-order valence-electron chi connectivity index (χ1n) is 11.1. The van der Waals surface area contributed by atoms with Crippen LogP contribution >= 0.6 is 0 Å². The van der Waals surface area contributed by atoms with E-state index in [2.05, 4.69) is 5.32 Å². The van der Waals surface area contributed by atoms with E-state index in [-0.39, 0.29) is 23.6 Å². The second-order valence-corrected chi connectivity index (χ2v) is 9.88. The minimum Gasteiger partial charge on any atom is -0.496 e. The topological polar surface area (TPSA) is 84.9 Å². The van der Waals surface area contributed by atoms with E-state index in [0.29, 0.717) is 18.8 Å². The van der Waals surface area contributed by atoms with Crippen molar-refractivity contribution in [3.8, 4) is 11.5 Å². The van der Waals surface area contributed by atoms with E-state index in [1.165, 1.54) is 29.6 Å². The van der Waals surface area contributed by atoms with Crippen molar-refractivity contribution in [1.29, 1.82) is 0 Å². The molecular weight excluding hydrogens is 440 g/mol. The van der Waals surface area contributed by atoms with Crippen LogP contribution in [0.3, 0.4) is 0 Å². The monoisotopic (exact) mass is 468 g/mol. The van der Waals surface area contributed by atoms with E-state index >= 15 is 0 Å². The molecule has 3 aromatic carbocycles. The second-order valence-electron chi connectivity index (χ2n) is 7.94. The number of piperidine rings is 1. The van der Waals surface area contributed by atoms with E-state index < -0.39 is 15.9 Å². The maximum absolute atomic E-state index is 13.0. The molecule has 0 spiro atoms. The minimum absolute atomic E-state index is 0.0998. The largest absolute Gasteiger partial charge is 0.496 e. The molecule has 3 aromatic rings. The van der Waals surface area contributed by atoms with Gasteiger partial charge in [0.05, 0.1) is 24.1 Å². The average Bonchev–Trinajstić information content (AvgIpc) is 2.86. The van der Waals surface area contributed by atoms with Gasteiger partial charge in [-0.2, -0.15) is 4.31 Å². The molecule has 0 aliphatic carbocycles. The molecule has 1 saturated heterocycles. The highest BCUT2D eigenvalue weighted by Crippen LogP contribution is 2.26. The van der Waals surface area contributed by atoms with Crippen molar-refractivity contribution in [2.75, 3.05) is 33.4 Å². The zero-order valence-electron chi connectivity index (χ0n) is 18.6. The summed E-state index contributed by atoms with van der Waals surface area (Å²) in [6.45, 7) is 1.54. The molecule has 7 nitrogen and oxygen atoms in total. The summed E-state index contributed by atoms with van der Waals surface area (Å²) in [5.41, 5.74) is 0.182. The van der Waals surface area contributed by atoms with Gasteiger partial charge in [0.15, 0.2) is 0 Å². The Labute approximate surface area is 194 Å². The van der Waals surface area contributed by atoms with Gasteiger partial charge >= 0.3 is 0 Å². The molecule has 0 aromatic heterocycles. The Hall–Kier alpha value is -3.10. The van der Waals surface area contributed by atoms with Gasteiger partial charge in [0.1, 0.15) is 18.1 Å². The molecule has 0 radical (unpaired) electrons. The summed E-state index contributed by atoms with van der Waals surface area (Å²) in [5.74, 6) is 0.625. The number of nitrogens with zero attached hydrogens (tertiary/aromatic N) is 1. The fourth-order valence-corrected chi connectivity index (χ4v) is 5.51. The summed E-state index contributed by atoms with van der Waals surface area (Å²) in [7, 11) is -2.20. The summed E-state index contributed by atoms with van der Waals surface area (Å²) >= 11 is 0. The molecule has 174 valence electrons. The number of hydrogen-bond donors (Lipinski definition) is 1. The van der Waals surface area contributed by atoms with Crippen LogP contribution in [-0.4, -0.2) is 52.0 Å². The quantitative estimate of drug-likeness (QED) is 0.508. The molecular formula is C25H28N2O5S. The zero-order chi connectivity index (χ0) is 23.3. The number of nitrogens with one attached hydrogen (secondary N) is 1. The molecule has 1 heterocycles. The van der Waals surface area contributed by atoms with Crippen molar-refractivity contribution in [2.45, 2.75) is 24.2 Å². The number of carbonyl (C=O) groups excluding carboxylic acids is 1. The number of rotatable bonds is 8. The van der Waals surface area contributed by atoms with Crippen molar-refractivity contribution in [3.05, 3.63) is 66.2 Å². The van der Waals surface area contributed by atoms with Gasteiger partial charge < -0.3 is 14.8 Å². The predicted octanol–water partition coefficient (Wildman–Crippen LogP) is 3.83. The van der Waals surface area contributed by atoms with Crippen molar-refractivity contribution < 1.29 is 22.7 Å². The number of benzene rings is 3. The van der Waals surface area contributed by atoms with Gasteiger partial charge in [-0.15, -0.1) is 0 Å². The molecule has 0 unspecified atom stereocenters. The van der Waals surface area contributed by atoms with Crippen LogP contribution in [0.2, 0.25) is 0 Å². The minimum atomic E-state index is -3.65. The number of ether oxygens (including phenoxy) is 2. The summed E-state index contributed by atoms with van der Waals surface area (Å²) in [5, 5.41) is 5.00. The molecule has 8 heteroatoms. The third kappa shape index (κ3) is 5.29. The number of hydrogen-bond acceptors (Lipinski definition) is 5. The van der Waals surface area contributed by atoms with Gasteiger partial charge in [0, 0.05) is 13.1 Å². The van der Waals surface area contributed by atoms with Gasteiger partial charge in [0.2, 0.25) is 10.0 Å². The number of sulfonamides is 1. The lowest BCUT2D eigenvalue weighted by Gasteiger charge is -2.26. The van der Waals surface area contributed by atoms with Crippen molar-refractivity contribution in [1.82, 2.24) is 9.62 Å². The summed E-state index contributed by atoms with van der Waals surface area (Å²) in [4.78, 5) is 12.9. The molecule has 1 amide bonds. The van der Waals surface area contributed by atoms with Crippen LogP contribution in [0.5, 0.6) is 11.5 Å². The fourth-order valence-electron chi connectivity index (χ4n) is 3.97. The second kappa shape index (κ2) is 10.2. The first-order chi connectivity index (χ1) is 16.0. The molecule has 1 aliphatic rings. The Morgan fingerprint density at radius 3 is 2.48 bits per heavy atom. The smallest absolute Gasteiger partial charge is 0.255 e. The first kappa shape index (κ1) is 23.1. The number of methoxy groups -OCH3 is 1. The van der Waals surface area contributed by atoms with E-state index in [1.807, 2.05) is 42.5 Å². The van der Waals surface area contributed by atoms with Crippen LogP contribution in [0.1, 0.15) is 29.6 Å². The molecule has 1 aliphatic heterocycles. The van der Waals surface area contributed by atoms with Gasteiger partial charge in [-0.3, -0.25) is 4.79 Å². The van der Waals surface area contributed by atoms with Crippen LogP contribution in [0.4, 0.5) is 0 Å². The van der Waals surface area contributed by atoms with Crippen LogP contribution in [0.25, 0.3) is 10.8 Å². The summed E-state index contributed by atoms with van der Waals surface area (Å²) < 4.78 is 38.6. The lowest BCUT2D eigenvalue weighted by molar-refractivity contribution is 0.0943. The summed E-state index contributed by atoms with van der Waals surface area (Å²) in [6, 6.07) is 18.2. The van der Waals surface area contributed by atoms with E-state index in [4.69, 9.17) is 9.47 Å². The molecule has 0 bridgehead atoms. The van der Waals surface area contributed by atoms with Gasteiger partial charge in [0.25, 0.3) is 5.91 Å². The van der Waals surface area contributed by atoms with Crippen LogP contribution in [-0.2, 0) is 10.0 Å². The van der Waals surface area contributed by atoms with Gasteiger partial charge in [-0.05, 0) is 53.9 Å². The summed E-state index contributed by atoms with van der Waals surface area (Å²) in [6.07, 6.45) is 2.73. The van der Waals surface area contributed by atoms with Crippen LogP contribution in [0.15, 0.2) is 65.6 Å².